The van der Waals surface area contributed by atoms with Gasteiger partial charge in [0.05, 0.1) is 22.3 Å². The second kappa shape index (κ2) is 9.57. The van der Waals surface area contributed by atoms with E-state index in [1.54, 1.807) is 25.1 Å². The minimum atomic E-state index is -0.493. The van der Waals surface area contributed by atoms with Crippen LogP contribution in [0.3, 0.4) is 0 Å². The van der Waals surface area contributed by atoms with Crippen molar-refractivity contribution in [3.8, 4) is 11.9 Å². The number of hydrogen-bond acceptors (Lipinski definition) is 6. The van der Waals surface area contributed by atoms with Gasteiger partial charge in [-0.3, -0.25) is 9.59 Å². The average Bonchev–Trinajstić information content (AvgIpc) is 3.54. The van der Waals surface area contributed by atoms with Crippen molar-refractivity contribution in [1.29, 1.82) is 0 Å². The molecule has 1 aromatic carbocycles. The third-order valence-electron chi connectivity index (χ3n) is 7.22. The first-order chi connectivity index (χ1) is 19.3. The summed E-state index contributed by atoms with van der Waals surface area (Å²) in [4.78, 5) is 30.2. The predicted octanol–water partition coefficient (Wildman–Crippen LogP) is 6.54. The number of aromatic hydroxyl groups is 2. The van der Waals surface area contributed by atoms with Crippen molar-refractivity contribution in [1.82, 2.24) is 5.32 Å². The number of carbonyl (C=O) groups excluding carboxylic acids is 2. The molecule has 0 fully saturated rings. The van der Waals surface area contributed by atoms with E-state index < -0.39 is 17.8 Å². The van der Waals surface area contributed by atoms with Crippen LogP contribution >= 0.6 is 0 Å². The van der Waals surface area contributed by atoms with Gasteiger partial charge in [0, 0.05) is 33.3 Å². The Morgan fingerprint density at radius 1 is 1.02 bits per heavy atom. The Morgan fingerprint density at radius 3 is 2.35 bits per heavy atom. The van der Waals surface area contributed by atoms with Crippen molar-refractivity contribution in [3.63, 3.8) is 0 Å². The minimum Gasteiger partial charge on any atom is -0.480 e. The van der Waals surface area contributed by atoms with Crippen LogP contribution in [0.5, 0.6) is 11.9 Å². The van der Waals surface area contributed by atoms with Gasteiger partial charge in [0.25, 0.3) is 23.7 Å². The van der Waals surface area contributed by atoms with Crippen molar-refractivity contribution >= 4 is 50.6 Å². The molecule has 3 aromatic rings. The number of furan rings is 2. The Kier molecular flexibility index (Phi) is 6.03. The minimum absolute atomic E-state index is 0.190. The summed E-state index contributed by atoms with van der Waals surface area (Å²) in [7, 11) is 0. The number of amides is 2. The van der Waals surface area contributed by atoms with E-state index in [9.17, 15) is 19.8 Å². The summed E-state index contributed by atoms with van der Waals surface area (Å²) in [6.45, 7) is 5.69. The van der Waals surface area contributed by atoms with Gasteiger partial charge < -0.3 is 24.4 Å². The lowest BCUT2D eigenvalue weighted by Crippen LogP contribution is -2.16. The van der Waals surface area contributed by atoms with Crippen molar-refractivity contribution in [3.05, 3.63) is 94.3 Å². The molecule has 0 saturated carbocycles. The number of hydrogen-bond donors (Lipinski definition) is 3. The average molecular weight is 535 g/mol. The lowest BCUT2D eigenvalue weighted by atomic mass is 9.95. The van der Waals surface area contributed by atoms with E-state index in [1.807, 2.05) is 56.4 Å². The van der Waals surface area contributed by atoms with Gasteiger partial charge in [-0.25, -0.2) is 4.99 Å². The Balaban J connectivity index is 1.55. The van der Waals surface area contributed by atoms with Crippen molar-refractivity contribution in [2.45, 2.75) is 33.6 Å². The van der Waals surface area contributed by atoms with Gasteiger partial charge >= 0.3 is 0 Å². The van der Waals surface area contributed by atoms with Gasteiger partial charge in [-0.05, 0) is 50.5 Å². The molecule has 0 radical (unpaired) electrons. The third kappa shape index (κ3) is 3.88. The van der Waals surface area contributed by atoms with Gasteiger partial charge in [0.15, 0.2) is 0 Å². The van der Waals surface area contributed by atoms with Crippen LogP contribution in [0.2, 0.25) is 0 Å². The number of nitrogens with zero attached hydrogens (tertiary/aromatic N) is 1. The van der Waals surface area contributed by atoms with E-state index in [4.69, 9.17) is 8.83 Å². The van der Waals surface area contributed by atoms with Crippen LogP contribution < -0.4 is 5.32 Å². The summed E-state index contributed by atoms with van der Waals surface area (Å²) in [6, 6.07) is 3.19. The second-order valence-electron chi connectivity index (χ2n) is 9.67. The second-order valence-corrected chi connectivity index (χ2v) is 9.67. The molecule has 3 N–H and O–H groups in total. The standard InChI is InChI=1S/C32H26N2O6/c1-4-6-7-8-11-18-16(3)33-29(35)25(18)27-20-14-24-21(15-23(20)39-31(27)37)28(32(38)40-24)26-19-12-9-10-17(5-2)13-22(19)34-30(26)36/h5-9,11-15,37-38H,4,10H2,1-3H3,(H,34,36)/b7-6+,11-8-,17-5?. The van der Waals surface area contributed by atoms with Crippen molar-refractivity contribution in [2.24, 2.45) is 4.99 Å². The van der Waals surface area contributed by atoms with E-state index in [1.165, 1.54) is 0 Å². The summed E-state index contributed by atoms with van der Waals surface area (Å²) in [5.41, 5.74) is 4.85. The highest BCUT2D eigenvalue weighted by Crippen LogP contribution is 2.46. The maximum Gasteiger partial charge on any atom is 0.291 e. The molecule has 200 valence electrons. The van der Waals surface area contributed by atoms with Crippen LogP contribution in [-0.2, 0) is 9.59 Å². The van der Waals surface area contributed by atoms with E-state index in [0.717, 1.165) is 12.0 Å². The smallest absolute Gasteiger partial charge is 0.291 e. The van der Waals surface area contributed by atoms with Gasteiger partial charge in [-0.1, -0.05) is 49.5 Å². The van der Waals surface area contributed by atoms with Crippen LogP contribution in [0.25, 0.3) is 33.1 Å². The zero-order chi connectivity index (χ0) is 28.1. The normalized spacial score (nSPS) is 18.7. The lowest BCUT2D eigenvalue weighted by Gasteiger charge is -2.02. The molecule has 2 amide bonds. The van der Waals surface area contributed by atoms with Crippen LogP contribution in [0.15, 0.2) is 97.0 Å². The number of carbonyl (C=O) groups is 2. The lowest BCUT2D eigenvalue weighted by molar-refractivity contribution is -0.114. The number of benzene rings is 1. The quantitative estimate of drug-likeness (QED) is 0.319. The first-order valence-electron chi connectivity index (χ1n) is 13.0. The van der Waals surface area contributed by atoms with E-state index in [0.29, 0.717) is 39.7 Å². The molecule has 3 aliphatic rings. The Labute approximate surface area is 229 Å². The Morgan fingerprint density at radius 2 is 1.70 bits per heavy atom. The Hall–Kier alpha value is -5.11. The highest BCUT2D eigenvalue weighted by Gasteiger charge is 2.35. The van der Waals surface area contributed by atoms with Crippen molar-refractivity contribution in [2.75, 3.05) is 0 Å². The fourth-order valence-electron chi connectivity index (χ4n) is 5.32. The molecule has 0 unspecified atom stereocenters. The molecular weight excluding hydrogens is 508 g/mol. The maximum absolute atomic E-state index is 13.1. The first kappa shape index (κ1) is 25.2. The molecule has 4 heterocycles. The molecule has 40 heavy (non-hydrogen) atoms. The fourth-order valence-corrected chi connectivity index (χ4v) is 5.32. The molecular formula is C32H26N2O6. The third-order valence-corrected chi connectivity index (χ3v) is 7.22. The van der Waals surface area contributed by atoms with E-state index in [2.05, 4.69) is 10.3 Å². The number of fused-ring (bicyclic) bond motifs is 3. The molecule has 6 rings (SSSR count). The monoisotopic (exact) mass is 534 g/mol. The first-order valence-corrected chi connectivity index (χ1v) is 13.0. The predicted molar refractivity (Wildman–Crippen MR) is 154 cm³/mol. The maximum atomic E-state index is 13.1. The number of aliphatic imine (C=N–C) groups is 1. The van der Waals surface area contributed by atoms with Crippen LogP contribution in [0.4, 0.5) is 0 Å². The van der Waals surface area contributed by atoms with Crippen LogP contribution in [-0.4, -0.2) is 27.7 Å². The topological polar surface area (TPSA) is 125 Å². The molecule has 1 aliphatic carbocycles. The zero-order valence-electron chi connectivity index (χ0n) is 22.2. The molecule has 0 atom stereocenters. The largest absolute Gasteiger partial charge is 0.480 e. The summed E-state index contributed by atoms with van der Waals surface area (Å²) < 4.78 is 11.4. The van der Waals surface area contributed by atoms with E-state index >= 15 is 0 Å². The summed E-state index contributed by atoms with van der Waals surface area (Å²) >= 11 is 0. The van der Waals surface area contributed by atoms with Gasteiger partial charge in [-0.15, -0.1) is 0 Å². The molecule has 2 aliphatic heterocycles. The molecule has 0 spiro atoms. The SMILES string of the molecule is CC=C1C=C2NC(=O)C(c3c(O)oc4cc5c(C6=C(/C=C\C=C\CC)C(C)=NC6=O)c(O)oc5cc34)=C2C=CC1. The van der Waals surface area contributed by atoms with Crippen molar-refractivity contribution < 1.29 is 28.6 Å². The molecule has 8 nitrogen and oxygen atoms in total. The zero-order valence-corrected chi connectivity index (χ0v) is 22.2. The van der Waals surface area contributed by atoms with Crippen LogP contribution in [0.1, 0.15) is 44.7 Å². The van der Waals surface area contributed by atoms with Crippen LogP contribution in [0, 0.1) is 0 Å². The molecule has 0 bridgehead atoms. The van der Waals surface area contributed by atoms with Gasteiger partial charge in [0.1, 0.15) is 11.2 Å². The number of nitrogens with one attached hydrogen (secondary N) is 1. The number of allylic oxidation sites excluding steroid dienone is 10. The number of rotatable bonds is 5. The highest BCUT2D eigenvalue weighted by molar-refractivity contribution is 6.38. The summed E-state index contributed by atoms with van der Waals surface area (Å²) in [5, 5.41) is 25.5. The van der Waals surface area contributed by atoms with Gasteiger partial charge in [0.2, 0.25) is 0 Å². The molecule has 2 aromatic heterocycles. The summed E-state index contributed by atoms with van der Waals surface area (Å²) in [5.74, 6) is -1.72. The van der Waals surface area contributed by atoms with Gasteiger partial charge in [-0.2, -0.15) is 0 Å². The molecule has 8 heteroatoms. The highest BCUT2D eigenvalue weighted by atomic mass is 16.5. The summed E-state index contributed by atoms with van der Waals surface area (Å²) in [6.07, 6.45) is 16.7. The molecule has 0 saturated heterocycles. The van der Waals surface area contributed by atoms with E-state index in [-0.39, 0.29) is 39.3 Å². The fraction of sp³-hybridized carbons (Fsp3) is 0.156. The Bertz CT molecular complexity index is 1900.